The van der Waals surface area contributed by atoms with E-state index >= 15 is 0 Å². The number of aryl methyl sites for hydroxylation is 1. The largest absolute Gasteiger partial charge is 0.506 e. The maximum atomic E-state index is 12.1. The second-order valence-electron chi connectivity index (χ2n) is 6.92. The van der Waals surface area contributed by atoms with Gasteiger partial charge in [-0.25, -0.2) is 4.79 Å². The number of H-pyrrole nitrogens is 2. The van der Waals surface area contributed by atoms with Crippen LogP contribution in [0.5, 0.6) is 5.75 Å². The number of carbonyl (C=O) groups is 1. The first kappa shape index (κ1) is 19.0. The number of aromatic amines is 2. The summed E-state index contributed by atoms with van der Waals surface area (Å²) < 4.78 is 0. The lowest BCUT2D eigenvalue weighted by Crippen LogP contribution is -2.22. The molecule has 0 radical (unpaired) electrons. The summed E-state index contributed by atoms with van der Waals surface area (Å²) in [6.45, 7) is 0.791. The molecule has 0 amide bonds. The minimum absolute atomic E-state index is 0. The maximum Gasteiger partial charge on any atom is 0.345 e. The number of hydrogen-bond donors (Lipinski definition) is 4. The second-order valence-corrected chi connectivity index (χ2v) is 6.92. The van der Waals surface area contributed by atoms with Gasteiger partial charge in [0.1, 0.15) is 5.75 Å². The van der Waals surface area contributed by atoms with Crippen molar-refractivity contribution in [1.29, 1.82) is 0 Å². The molecule has 3 aromatic rings. The molecule has 1 aliphatic carbocycles. The number of carboxylic acids is 1. The van der Waals surface area contributed by atoms with E-state index in [-0.39, 0.29) is 12.4 Å². The van der Waals surface area contributed by atoms with E-state index in [2.05, 4.69) is 20.9 Å². The molecule has 4 rings (SSSR count). The van der Waals surface area contributed by atoms with Crippen molar-refractivity contribution in [2.45, 2.75) is 19.4 Å². The predicted octanol–water partition coefficient (Wildman–Crippen LogP) is 2.51. The number of halogens is 1. The number of fused-ring (bicyclic) bond motifs is 5. The van der Waals surface area contributed by atoms with E-state index in [1.165, 1.54) is 0 Å². The molecule has 1 aromatic carbocycles. The van der Waals surface area contributed by atoms with Crippen molar-refractivity contribution in [3.63, 3.8) is 0 Å². The molecule has 0 saturated carbocycles. The number of nitrogens with one attached hydrogen (secondary N) is 2. The quantitative estimate of drug-likeness (QED) is 0.550. The van der Waals surface area contributed by atoms with E-state index in [0.29, 0.717) is 24.1 Å². The van der Waals surface area contributed by atoms with Crippen LogP contribution in [0.1, 0.15) is 27.2 Å². The number of nitrogens with zero attached hydrogens (tertiary/aromatic N) is 1. The Labute approximate surface area is 161 Å². The number of aromatic hydroxyl groups is 1. The lowest BCUT2D eigenvalue weighted by Gasteiger charge is -2.21. The van der Waals surface area contributed by atoms with Crippen LogP contribution in [0.15, 0.2) is 23.0 Å². The summed E-state index contributed by atoms with van der Waals surface area (Å²) in [6.07, 6.45) is 1.14. The van der Waals surface area contributed by atoms with Gasteiger partial charge >= 0.3 is 5.97 Å². The fraction of sp³-hybridized carbons (Fsp3) is 0.263. The lowest BCUT2D eigenvalue weighted by molar-refractivity contribution is 0.0691. The Morgan fingerprint density at radius 3 is 2.56 bits per heavy atom. The molecular formula is C19H20ClN3O4. The molecular weight excluding hydrogens is 370 g/mol. The minimum atomic E-state index is -1.42. The van der Waals surface area contributed by atoms with Crippen molar-refractivity contribution in [2.24, 2.45) is 0 Å². The second kappa shape index (κ2) is 6.75. The van der Waals surface area contributed by atoms with Crippen LogP contribution in [-0.4, -0.2) is 45.1 Å². The summed E-state index contributed by atoms with van der Waals surface area (Å²) >= 11 is 0. The van der Waals surface area contributed by atoms with Gasteiger partial charge in [-0.2, -0.15) is 0 Å². The summed E-state index contributed by atoms with van der Waals surface area (Å²) in [5.41, 5.74) is 3.66. The standard InChI is InChI=1S/C19H19N3O4.ClH/c1-22(2)8-9-7-13-10-3-4-12-16(11(10)5-6-14(13)20-9)21-18(24)15(17(12)23)19(25)26;/h5-7,20H,3-4,8H2,1-2H3,(H,25,26)(H2,21,23,24);1H. The van der Waals surface area contributed by atoms with E-state index in [4.69, 9.17) is 0 Å². The molecule has 0 aliphatic heterocycles. The number of rotatable bonds is 3. The van der Waals surface area contributed by atoms with Crippen LogP contribution in [-0.2, 0) is 19.4 Å². The first-order valence-electron chi connectivity index (χ1n) is 8.36. The Bertz CT molecular complexity index is 1110. The number of aromatic carboxylic acids is 1. The molecule has 0 bridgehead atoms. The number of aromatic nitrogens is 2. The van der Waals surface area contributed by atoms with Crippen LogP contribution in [0, 0.1) is 0 Å². The van der Waals surface area contributed by atoms with Crippen LogP contribution in [0.2, 0.25) is 0 Å². The van der Waals surface area contributed by atoms with Gasteiger partial charge in [0.15, 0.2) is 5.56 Å². The number of hydrogen-bond acceptors (Lipinski definition) is 4. The molecule has 0 fully saturated rings. The first-order chi connectivity index (χ1) is 12.4. The molecule has 2 aromatic heterocycles. The highest BCUT2D eigenvalue weighted by atomic mass is 35.5. The highest BCUT2D eigenvalue weighted by Gasteiger charge is 2.27. The highest BCUT2D eigenvalue weighted by Crippen LogP contribution is 2.39. The van der Waals surface area contributed by atoms with Crippen molar-refractivity contribution in [2.75, 3.05) is 14.1 Å². The number of carboxylic acid groups (broad SMARTS) is 1. The van der Waals surface area contributed by atoms with E-state index in [0.717, 1.165) is 34.3 Å². The van der Waals surface area contributed by atoms with Crippen LogP contribution in [0.3, 0.4) is 0 Å². The third kappa shape index (κ3) is 2.98. The average molecular weight is 390 g/mol. The zero-order chi connectivity index (χ0) is 18.6. The van der Waals surface area contributed by atoms with Crippen molar-refractivity contribution in [3.05, 3.63) is 50.9 Å². The summed E-state index contributed by atoms with van der Waals surface area (Å²) in [4.78, 5) is 31.5. The Morgan fingerprint density at radius 1 is 1.19 bits per heavy atom. The summed E-state index contributed by atoms with van der Waals surface area (Å²) in [5.74, 6) is -1.85. The lowest BCUT2D eigenvalue weighted by atomic mass is 9.86. The van der Waals surface area contributed by atoms with Crippen LogP contribution in [0.25, 0.3) is 22.2 Å². The fourth-order valence-corrected chi connectivity index (χ4v) is 3.80. The Morgan fingerprint density at radius 2 is 1.89 bits per heavy atom. The topological polar surface area (TPSA) is 109 Å². The van der Waals surface area contributed by atoms with Crippen molar-refractivity contribution in [1.82, 2.24) is 14.9 Å². The molecule has 0 atom stereocenters. The molecule has 1 aliphatic rings. The predicted molar refractivity (Wildman–Crippen MR) is 105 cm³/mol. The summed E-state index contributed by atoms with van der Waals surface area (Å²) in [6, 6.07) is 5.97. The maximum absolute atomic E-state index is 12.1. The molecule has 0 spiro atoms. The minimum Gasteiger partial charge on any atom is -0.506 e. The number of pyridine rings is 1. The number of benzene rings is 1. The molecule has 0 unspecified atom stereocenters. The monoisotopic (exact) mass is 389 g/mol. The first-order valence-corrected chi connectivity index (χ1v) is 8.36. The van der Waals surface area contributed by atoms with E-state index in [1.807, 2.05) is 26.2 Å². The van der Waals surface area contributed by atoms with E-state index in [9.17, 15) is 19.8 Å². The molecule has 4 N–H and O–H groups in total. The van der Waals surface area contributed by atoms with Crippen LogP contribution in [0.4, 0.5) is 0 Å². The van der Waals surface area contributed by atoms with Gasteiger partial charge in [0.2, 0.25) is 0 Å². The van der Waals surface area contributed by atoms with Gasteiger partial charge in [0, 0.05) is 34.3 Å². The van der Waals surface area contributed by atoms with Gasteiger partial charge in [-0.05, 0) is 44.6 Å². The van der Waals surface area contributed by atoms with E-state index in [1.54, 1.807) is 0 Å². The third-order valence-electron chi connectivity index (χ3n) is 4.86. The van der Waals surface area contributed by atoms with Crippen molar-refractivity contribution < 1.29 is 15.0 Å². The zero-order valence-corrected chi connectivity index (χ0v) is 15.7. The summed E-state index contributed by atoms with van der Waals surface area (Å²) in [7, 11) is 4.01. The zero-order valence-electron chi connectivity index (χ0n) is 14.9. The van der Waals surface area contributed by atoms with Crippen molar-refractivity contribution >= 4 is 29.3 Å². The SMILES string of the molecule is CN(C)Cc1cc2c3c(ccc2[nH]1)-c1[nH]c(=O)c(C(=O)O)c(O)c1CC3.Cl. The Hall–Kier alpha value is -2.77. The third-order valence-corrected chi connectivity index (χ3v) is 4.86. The Balaban J connectivity index is 0.00000210. The highest BCUT2D eigenvalue weighted by molar-refractivity contribution is 5.95. The smallest absolute Gasteiger partial charge is 0.345 e. The van der Waals surface area contributed by atoms with E-state index < -0.39 is 22.8 Å². The normalized spacial score (nSPS) is 12.6. The van der Waals surface area contributed by atoms with Gasteiger partial charge in [-0.3, -0.25) is 4.79 Å². The van der Waals surface area contributed by atoms with Crippen molar-refractivity contribution in [3.8, 4) is 17.0 Å². The van der Waals surface area contributed by atoms with Crippen LogP contribution < -0.4 is 5.56 Å². The molecule has 2 heterocycles. The van der Waals surface area contributed by atoms with Gasteiger partial charge in [0.05, 0.1) is 5.69 Å². The molecule has 27 heavy (non-hydrogen) atoms. The molecule has 8 heteroatoms. The van der Waals surface area contributed by atoms with Gasteiger partial charge < -0.3 is 25.1 Å². The van der Waals surface area contributed by atoms with Gasteiger partial charge in [-0.1, -0.05) is 6.07 Å². The average Bonchev–Trinajstić information content (AvgIpc) is 2.95. The molecule has 7 nitrogen and oxygen atoms in total. The van der Waals surface area contributed by atoms with Gasteiger partial charge in [-0.15, -0.1) is 12.4 Å². The fourth-order valence-electron chi connectivity index (χ4n) is 3.80. The molecule has 142 valence electrons. The Kier molecular flexibility index (Phi) is 4.75. The van der Waals surface area contributed by atoms with Crippen LogP contribution >= 0.6 is 12.4 Å². The summed E-state index contributed by atoms with van der Waals surface area (Å²) in [5, 5.41) is 20.6. The molecule has 0 saturated heterocycles. The van der Waals surface area contributed by atoms with Gasteiger partial charge in [0.25, 0.3) is 5.56 Å².